The molecule has 0 saturated heterocycles. The summed E-state index contributed by atoms with van der Waals surface area (Å²) in [6.45, 7) is 5.54. The first-order valence-corrected chi connectivity index (χ1v) is 7.38. The Morgan fingerprint density at radius 3 is 2.00 bits per heavy atom. The molecule has 0 spiro atoms. The zero-order chi connectivity index (χ0) is 11.2. The van der Waals surface area contributed by atoms with Crippen LogP contribution in [0.3, 0.4) is 0 Å². The van der Waals surface area contributed by atoms with Crippen molar-refractivity contribution in [3.8, 4) is 0 Å². The lowest BCUT2D eigenvalue weighted by atomic mass is 9.98. The first kappa shape index (κ1) is 14.6. The van der Waals surface area contributed by atoms with Gasteiger partial charge in [-0.2, -0.15) is 0 Å². The van der Waals surface area contributed by atoms with E-state index in [-0.39, 0.29) is 11.4 Å². The normalized spacial score (nSPS) is 11.1. The summed E-state index contributed by atoms with van der Waals surface area (Å²) in [5, 5.41) is 2.29. The summed E-state index contributed by atoms with van der Waals surface area (Å²) >= 11 is 10.2. The van der Waals surface area contributed by atoms with E-state index in [1.54, 1.807) is 6.92 Å². The molecule has 0 aliphatic rings. The maximum Gasteiger partial charge on any atom is 0.333 e. The number of ether oxygens (including phenoxy) is 1. The van der Waals surface area contributed by atoms with Crippen LogP contribution in [0, 0.1) is 5.41 Å². The Morgan fingerprint density at radius 2 is 1.71 bits per heavy atom. The Balaban J connectivity index is 4.19. The molecule has 82 valence electrons. The van der Waals surface area contributed by atoms with Gasteiger partial charge in [0, 0.05) is 27.0 Å². The van der Waals surface area contributed by atoms with E-state index >= 15 is 0 Å². The number of hydrogen-bond acceptors (Lipinski definition) is 2. The summed E-state index contributed by atoms with van der Waals surface area (Å²) in [5.41, 5.74) is 0.336. The smallest absolute Gasteiger partial charge is 0.333 e. The zero-order valence-corrected chi connectivity index (χ0v) is 12.7. The SMILES string of the molecule is C=C(C)C(=O)OCC(CBr)(CBr)CBr. The minimum absolute atomic E-state index is 0.0922. The van der Waals surface area contributed by atoms with Crippen molar-refractivity contribution < 1.29 is 9.53 Å². The molecule has 0 aliphatic carbocycles. The second-order valence-electron chi connectivity index (χ2n) is 3.26. The van der Waals surface area contributed by atoms with Gasteiger partial charge in [-0.05, 0) is 6.92 Å². The van der Waals surface area contributed by atoms with Gasteiger partial charge in [0.25, 0.3) is 0 Å². The van der Waals surface area contributed by atoms with E-state index in [2.05, 4.69) is 54.4 Å². The fourth-order valence-electron chi connectivity index (χ4n) is 0.565. The third-order valence-electron chi connectivity index (χ3n) is 1.71. The summed E-state index contributed by atoms with van der Waals surface area (Å²) < 4.78 is 5.11. The van der Waals surface area contributed by atoms with E-state index in [9.17, 15) is 4.79 Å². The van der Waals surface area contributed by atoms with E-state index in [1.807, 2.05) is 0 Å². The van der Waals surface area contributed by atoms with Gasteiger partial charge in [0.05, 0.1) is 6.61 Å². The van der Waals surface area contributed by atoms with Crippen LogP contribution in [0.25, 0.3) is 0 Å². The van der Waals surface area contributed by atoms with Gasteiger partial charge in [-0.15, -0.1) is 0 Å². The van der Waals surface area contributed by atoms with Crippen LogP contribution in [0.5, 0.6) is 0 Å². The van der Waals surface area contributed by atoms with Gasteiger partial charge in [-0.1, -0.05) is 54.4 Å². The average molecular weight is 393 g/mol. The summed E-state index contributed by atoms with van der Waals surface area (Å²) in [4.78, 5) is 11.2. The molecule has 0 aliphatic heterocycles. The minimum atomic E-state index is -0.336. The molecule has 0 aromatic heterocycles. The van der Waals surface area contributed by atoms with E-state index in [4.69, 9.17) is 4.74 Å². The van der Waals surface area contributed by atoms with Crippen LogP contribution in [-0.2, 0) is 9.53 Å². The second-order valence-corrected chi connectivity index (χ2v) is 4.94. The van der Waals surface area contributed by atoms with Gasteiger partial charge < -0.3 is 4.74 Å². The molecule has 0 saturated carbocycles. The molecule has 0 bridgehead atoms. The Morgan fingerprint density at radius 1 is 1.29 bits per heavy atom. The van der Waals surface area contributed by atoms with Crippen molar-refractivity contribution in [1.29, 1.82) is 0 Å². The number of rotatable bonds is 6. The minimum Gasteiger partial charge on any atom is -0.462 e. The average Bonchev–Trinajstić information content (AvgIpc) is 2.20. The molecule has 14 heavy (non-hydrogen) atoms. The van der Waals surface area contributed by atoms with Crippen LogP contribution >= 0.6 is 47.8 Å². The van der Waals surface area contributed by atoms with Crippen LogP contribution in [0.4, 0.5) is 0 Å². The quantitative estimate of drug-likeness (QED) is 0.394. The largest absolute Gasteiger partial charge is 0.462 e. The van der Waals surface area contributed by atoms with Crippen molar-refractivity contribution in [3.63, 3.8) is 0 Å². The number of alkyl halides is 3. The standard InChI is InChI=1S/C9H13Br3O2/c1-7(2)8(13)14-6-9(3-10,4-11)5-12/h1,3-6H2,2H3. The molecule has 2 nitrogen and oxygen atoms in total. The third-order valence-corrected chi connectivity index (χ3v) is 5.28. The highest BCUT2D eigenvalue weighted by atomic mass is 79.9. The van der Waals surface area contributed by atoms with Crippen LogP contribution in [-0.4, -0.2) is 28.6 Å². The Hall–Kier alpha value is 0.650. The van der Waals surface area contributed by atoms with Crippen LogP contribution < -0.4 is 0 Å². The molecular weight excluding hydrogens is 380 g/mol. The monoisotopic (exact) mass is 390 g/mol. The number of esters is 1. The van der Waals surface area contributed by atoms with Crippen molar-refractivity contribution in [2.75, 3.05) is 22.6 Å². The molecule has 0 unspecified atom stereocenters. The highest BCUT2D eigenvalue weighted by Gasteiger charge is 2.28. The fourth-order valence-corrected chi connectivity index (χ4v) is 3.84. The Labute approximate surface area is 110 Å². The second kappa shape index (κ2) is 7.01. The van der Waals surface area contributed by atoms with Gasteiger partial charge in [-0.3, -0.25) is 0 Å². The van der Waals surface area contributed by atoms with Gasteiger partial charge in [0.1, 0.15) is 0 Å². The lowest BCUT2D eigenvalue weighted by molar-refractivity contribution is -0.141. The number of hydrogen-bond donors (Lipinski definition) is 0. The molecule has 0 fully saturated rings. The number of halogens is 3. The number of carbonyl (C=O) groups excluding carboxylic acids is 1. The van der Waals surface area contributed by atoms with Crippen LogP contribution in [0.15, 0.2) is 12.2 Å². The molecule has 0 radical (unpaired) electrons. The van der Waals surface area contributed by atoms with Crippen molar-refractivity contribution in [2.24, 2.45) is 5.41 Å². The first-order valence-electron chi connectivity index (χ1n) is 4.02. The predicted molar refractivity (Wildman–Crippen MR) is 69.6 cm³/mol. The van der Waals surface area contributed by atoms with Gasteiger partial charge in [-0.25, -0.2) is 4.79 Å². The number of carbonyl (C=O) groups is 1. The summed E-state index contributed by atoms with van der Waals surface area (Å²) in [6, 6.07) is 0. The van der Waals surface area contributed by atoms with Crippen molar-refractivity contribution in [2.45, 2.75) is 6.92 Å². The maximum atomic E-state index is 11.2. The topological polar surface area (TPSA) is 26.3 Å². The Kier molecular flexibility index (Phi) is 7.34. The summed E-state index contributed by atoms with van der Waals surface area (Å²) in [7, 11) is 0. The summed E-state index contributed by atoms with van der Waals surface area (Å²) in [6.07, 6.45) is 0. The zero-order valence-electron chi connectivity index (χ0n) is 7.99. The van der Waals surface area contributed by atoms with Crippen molar-refractivity contribution in [3.05, 3.63) is 12.2 Å². The van der Waals surface area contributed by atoms with Crippen molar-refractivity contribution >= 4 is 53.8 Å². The van der Waals surface area contributed by atoms with E-state index in [0.29, 0.717) is 12.2 Å². The molecule has 0 N–H and O–H groups in total. The highest BCUT2D eigenvalue weighted by Crippen LogP contribution is 2.26. The van der Waals surface area contributed by atoms with Crippen LogP contribution in [0.2, 0.25) is 0 Å². The predicted octanol–water partition coefficient (Wildman–Crippen LogP) is 3.28. The van der Waals surface area contributed by atoms with Gasteiger partial charge >= 0.3 is 5.97 Å². The first-order chi connectivity index (χ1) is 6.51. The third kappa shape index (κ3) is 4.45. The lowest BCUT2D eigenvalue weighted by Gasteiger charge is -2.26. The molecule has 0 atom stereocenters. The molecule has 0 amide bonds. The van der Waals surface area contributed by atoms with Crippen molar-refractivity contribution in [1.82, 2.24) is 0 Å². The lowest BCUT2D eigenvalue weighted by Crippen LogP contribution is -2.33. The fraction of sp³-hybridized carbons (Fsp3) is 0.667. The molecular formula is C9H13Br3O2. The maximum absolute atomic E-state index is 11.2. The Bertz CT molecular complexity index is 204. The van der Waals surface area contributed by atoms with E-state index in [1.165, 1.54) is 0 Å². The van der Waals surface area contributed by atoms with Crippen LogP contribution in [0.1, 0.15) is 6.92 Å². The molecule has 0 rings (SSSR count). The molecule has 5 heteroatoms. The molecule has 0 aromatic rings. The van der Waals surface area contributed by atoms with E-state index < -0.39 is 0 Å². The molecule has 0 heterocycles. The molecule has 0 aromatic carbocycles. The van der Waals surface area contributed by atoms with Gasteiger partial charge in [0.15, 0.2) is 0 Å². The summed E-state index contributed by atoms with van der Waals surface area (Å²) in [5.74, 6) is -0.336. The van der Waals surface area contributed by atoms with E-state index in [0.717, 1.165) is 16.0 Å². The van der Waals surface area contributed by atoms with Gasteiger partial charge in [0.2, 0.25) is 0 Å². The highest BCUT2D eigenvalue weighted by molar-refractivity contribution is 9.10.